The highest BCUT2D eigenvalue weighted by Gasteiger charge is 2.54. The van der Waals surface area contributed by atoms with Gasteiger partial charge in [0.2, 0.25) is 11.8 Å². The molecule has 3 heterocycles. The quantitative estimate of drug-likeness (QED) is 0.335. The molecule has 2 aromatic carbocycles. The van der Waals surface area contributed by atoms with Crippen LogP contribution in [0.15, 0.2) is 83.6 Å². The average Bonchev–Trinajstić information content (AvgIpc) is 3.39. The molecule has 1 aromatic heterocycles. The van der Waals surface area contributed by atoms with E-state index in [0.717, 1.165) is 11.1 Å². The van der Waals surface area contributed by atoms with E-state index in [2.05, 4.69) is 5.32 Å². The van der Waals surface area contributed by atoms with Crippen molar-refractivity contribution in [1.82, 2.24) is 10.2 Å². The van der Waals surface area contributed by atoms with Gasteiger partial charge in [0.25, 0.3) is 0 Å². The standard InChI is InChI=1S/C27H22N2O6S2/c30-21(15-20-18(26(32)33)11-13-36-20)28-22-24(31)29-19(12-14-37-25(22)29)27(34)35-23(16-7-3-1-4-8-16)17-9-5-2-6-10-17/h1-14,19,22-23,25H,15H2,(H,28,30)(H,32,33)/t19?,22?,25-/m0/s1. The fourth-order valence-electron chi connectivity index (χ4n) is 4.35. The monoisotopic (exact) mass is 534 g/mol. The van der Waals surface area contributed by atoms with Gasteiger partial charge in [-0.05, 0) is 34.1 Å². The number of nitrogens with zero attached hydrogens (tertiary/aromatic N) is 1. The summed E-state index contributed by atoms with van der Waals surface area (Å²) >= 11 is 2.50. The van der Waals surface area contributed by atoms with Gasteiger partial charge in [-0.3, -0.25) is 9.59 Å². The van der Waals surface area contributed by atoms with E-state index in [0.29, 0.717) is 4.88 Å². The number of hydrogen-bond acceptors (Lipinski definition) is 7. The number of thiophene rings is 1. The molecule has 3 aromatic rings. The maximum atomic E-state index is 13.3. The van der Waals surface area contributed by atoms with Crippen LogP contribution in [0.5, 0.6) is 0 Å². The van der Waals surface area contributed by atoms with Crippen LogP contribution in [-0.2, 0) is 25.5 Å². The predicted molar refractivity (Wildman–Crippen MR) is 139 cm³/mol. The first kappa shape index (κ1) is 24.8. The van der Waals surface area contributed by atoms with Crippen LogP contribution in [0.4, 0.5) is 0 Å². The second-order valence-corrected chi connectivity index (χ2v) is 10.5. The largest absolute Gasteiger partial charge is 0.478 e. The third-order valence-corrected chi connectivity index (χ3v) is 8.17. The molecule has 1 saturated heterocycles. The number of nitrogens with one attached hydrogen (secondary N) is 1. The summed E-state index contributed by atoms with van der Waals surface area (Å²) in [7, 11) is 0. The Morgan fingerprint density at radius 1 is 1.00 bits per heavy atom. The zero-order valence-corrected chi connectivity index (χ0v) is 21.0. The zero-order valence-electron chi connectivity index (χ0n) is 19.4. The second kappa shape index (κ2) is 10.6. The number of thioether (sulfide) groups is 1. The smallest absolute Gasteiger partial charge is 0.336 e. The molecule has 0 spiro atoms. The van der Waals surface area contributed by atoms with Crippen LogP contribution in [0.3, 0.4) is 0 Å². The Balaban J connectivity index is 1.27. The van der Waals surface area contributed by atoms with E-state index in [9.17, 15) is 24.3 Å². The summed E-state index contributed by atoms with van der Waals surface area (Å²) in [6, 6.07) is 18.5. The van der Waals surface area contributed by atoms with Gasteiger partial charge >= 0.3 is 11.9 Å². The number of rotatable bonds is 8. The van der Waals surface area contributed by atoms with Crippen LogP contribution in [0.25, 0.3) is 0 Å². The number of amides is 2. The van der Waals surface area contributed by atoms with E-state index in [4.69, 9.17) is 4.74 Å². The number of β-lactam (4-membered cyclic amide) rings is 1. The lowest BCUT2D eigenvalue weighted by Crippen LogP contribution is -2.73. The summed E-state index contributed by atoms with van der Waals surface area (Å²) in [4.78, 5) is 52.1. The Hall–Kier alpha value is -3.89. The summed E-state index contributed by atoms with van der Waals surface area (Å²) in [6.07, 6.45) is 0.840. The number of benzene rings is 2. The maximum absolute atomic E-state index is 13.3. The first-order chi connectivity index (χ1) is 17.9. The van der Waals surface area contributed by atoms with Crippen molar-refractivity contribution < 1.29 is 29.0 Å². The Bertz CT molecular complexity index is 1320. The Morgan fingerprint density at radius 3 is 2.27 bits per heavy atom. The van der Waals surface area contributed by atoms with Gasteiger partial charge in [-0.15, -0.1) is 23.1 Å². The average molecular weight is 535 g/mol. The van der Waals surface area contributed by atoms with E-state index >= 15 is 0 Å². The summed E-state index contributed by atoms with van der Waals surface area (Å²) in [5.74, 6) is -2.51. The second-order valence-electron chi connectivity index (χ2n) is 8.47. The van der Waals surface area contributed by atoms with Gasteiger partial charge in [0.15, 0.2) is 6.10 Å². The molecule has 0 radical (unpaired) electrons. The molecule has 2 unspecified atom stereocenters. The molecule has 8 nitrogen and oxygen atoms in total. The van der Waals surface area contributed by atoms with Crippen molar-refractivity contribution in [2.75, 3.05) is 0 Å². The minimum absolute atomic E-state index is 0.0749. The van der Waals surface area contributed by atoms with Gasteiger partial charge < -0.3 is 20.1 Å². The molecular formula is C27H22N2O6S2. The first-order valence-electron chi connectivity index (χ1n) is 11.5. The number of esters is 1. The SMILES string of the molecule is O=C(Cc1sccc1C(=O)O)NC1C(=O)N2C(C(=O)OC(c3ccccc3)c3ccccc3)C=CS[C@@H]12. The van der Waals surface area contributed by atoms with Crippen LogP contribution < -0.4 is 5.32 Å². The van der Waals surface area contributed by atoms with Gasteiger partial charge in [0.05, 0.1) is 12.0 Å². The number of fused-ring (bicyclic) bond motifs is 1. The number of carbonyl (C=O) groups excluding carboxylic acids is 3. The van der Waals surface area contributed by atoms with Crippen LogP contribution in [-0.4, -0.2) is 51.2 Å². The van der Waals surface area contributed by atoms with Crippen LogP contribution in [0.1, 0.15) is 32.5 Å². The van der Waals surface area contributed by atoms with Gasteiger partial charge in [-0.25, -0.2) is 9.59 Å². The van der Waals surface area contributed by atoms with Crippen molar-refractivity contribution in [1.29, 1.82) is 0 Å². The number of carbonyl (C=O) groups is 4. The molecule has 37 heavy (non-hydrogen) atoms. The van der Waals surface area contributed by atoms with E-state index in [1.807, 2.05) is 60.7 Å². The summed E-state index contributed by atoms with van der Waals surface area (Å²) in [5.41, 5.74) is 1.69. The number of carboxylic acids is 1. The third-order valence-electron chi connectivity index (χ3n) is 6.15. The lowest BCUT2D eigenvalue weighted by Gasteiger charge is -2.50. The maximum Gasteiger partial charge on any atom is 0.336 e. The van der Waals surface area contributed by atoms with Gasteiger partial charge in [0.1, 0.15) is 17.5 Å². The molecule has 0 aliphatic carbocycles. The van der Waals surface area contributed by atoms with Crippen molar-refractivity contribution in [2.24, 2.45) is 0 Å². The van der Waals surface area contributed by atoms with E-state index in [1.54, 1.807) is 16.9 Å². The predicted octanol–water partition coefficient (Wildman–Crippen LogP) is 3.60. The molecule has 2 aliphatic rings. The zero-order chi connectivity index (χ0) is 25.9. The fourth-order valence-corrected chi connectivity index (χ4v) is 6.33. The fraction of sp³-hybridized carbons (Fsp3) is 0.185. The van der Waals surface area contributed by atoms with Crippen molar-refractivity contribution in [3.05, 3.63) is 105 Å². The summed E-state index contributed by atoms with van der Waals surface area (Å²) < 4.78 is 5.95. The van der Waals surface area contributed by atoms with Crippen molar-refractivity contribution in [2.45, 2.75) is 30.0 Å². The van der Waals surface area contributed by atoms with Crippen molar-refractivity contribution >= 4 is 46.9 Å². The topological polar surface area (TPSA) is 113 Å². The van der Waals surface area contributed by atoms with Crippen LogP contribution >= 0.6 is 23.1 Å². The number of aromatic carboxylic acids is 1. The minimum atomic E-state index is -1.10. The molecule has 0 bridgehead atoms. The molecule has 5 rings (SSSR count). The molecule has 2 N–H and O–H groups in total. The third kappa shape index (κ3) is 5.03. The van der Waals surface area contributed by atoms with Crippen LogP contribution in [0, 0.1) is 0 Å². The molecule has 188 valence electrons. The first-order valence-corrected chi connectivity index (χ1v) is 13.3. The van der Waals surface area contributed by atoms with E-state index < -0.39 is 47.3 Å². The normalized spacial score (nSPS) is 20.2. The Morgan fingerprint density at radius 2 is 1.65 bits per heavy atom. The highest BCUT2D eigenvalue weighted by Crippen LogP contribution is 2.38. The van der Waals surface area contributed by atoms with Crippen LogP contribution in [0.2, 0.25) is 0 Å². The van der Waals surface area contributed by atoms with Gasteiger partial charge in [0, 0.05) is 4.88 Å². The molecule has 0 saturated carbocycles. The number of carboxylic acid groups (broad SMARTS) is 1. The van der Waals surface area contributed by atoms with Crippen molar-refractivity contribution in [3.63, 3.8) is 0 Å². The van der Waals surface area contributed by atoms with E-state index in [1.165, 1.54) is 34.1 Å². The Kier molecular flexibility index (Phi) is 7.11. The lowest BCUT2D eigenvalue weighted by atomic mass is 10.0. The minimum Gasteiger partial charge on any atom is -0.478 e. The molecule has 2 aliphatic heterocycles. The Labute approximate surface area is 220 Å². The number of hydrogen-bond donors (Lipinski definition) is 2. The molecule has 2 amide bonds. The lowest BCUT2D eigenvalue weighted by molar-refractivity contribution is -0.164. The highest BCUT2D eigenvalue weighted by molar-refractivity contribution is 8.02. The molecule has 1 fully saturated rings. The van der Waals surface area contributed by atoms with E-state index in [-0.39, 0.29) is 12.0 Å². The molecule has 10 heteroatoms. The molecular weight excluding hydrogens is 512 g/mol. The summed E-state index contributed by atoms with van der Waals surface area (Å²) in [5, 5.41) is 14.8. The van der Waals surface area contributed by atoms with Gasteiger partial charge in [-0.2, -0.15) is 0 Å². The van der Waals surface area contributed by atoms with Crippen molar-refractivity contribution in [3.8, 4) is 0 Å². The summed E-state index contributed by atoms with van der Waals surface area (Å²) in [6.45, 7) is 0. The molecule has 3 atom stereocenters. The number of ether oxygens (including phenoxy) is 1. The highest BCUT2D eigenvalue weighted by atomic mass is 32.2. The van der Waals surface area contributed by atoms with Gasteiger partial charge in [-0.1, -0.05) is 60.7 Å².